The summed E-state index contributed by atoms with van der Waals surface area (Å²) in [5.74, 6) is 1.44. The van der Waals surface area contributed by atoms with Crippen LogP contribution in [0.5, 0.6) is 0 Å². The van der Waals surface area contributed by atoms with Crippen LogP contribution < -0.4 is 10.2 Å². The van der Waals surface area contributed by atoms with Crippen LogP contribution in [-0.4, -0.2) is 47.2 Å². The lowest BCUT2D eigenvalue weighted by Crippen LogP contribution is -2.37. The number of carbonyl (C=O) groups is 1. The molecule has 0 radical (unpaired) electrons. The summed E-state index contributed by atoms with van der Waals surface area (Å²) in [5.41, 5.74) is 2.48. The summed E-state index contributed by atoms with van der Waals surface area (Å²) in [5, 5.41) is 4.93. The zero-order valence-electron chi connectivity index (χ0n) is 16.8. The molecule has 30 heavy (non-hydrogen) atoms. The van der Waals surface area contributed by atoms with Crippen molar-refractivity contribution in [1.82, 2.24) is 15.0 Å². The SMILES string of the molecule is Cc1nc(N2CCOCC2)c2c(C)c(C(=O)Nc3cnc4ccccc4c3)sc2n1. The highest BCUT2D eigenvalue weighted by molar-refractivity contribution is 7.20. The van der Waals surface area contributed by atoms with Gasteiger partial charge in [0, 0.05) is 18.5 Å². The number of aryl methyl sites for hydroxylation is 2. The largest absolute Gasteiger partial charge is 0.378 e. The lowest BCUT2D eigenvalue weighted by molar-refractivity contribution is 0.103. The minimum absolute atomic E-state index is 0.154. The highest BCUT2D eigenvalue weighted by atomic mass is 32.1. The number of hydrogen-bond acceptors (Lipinski definition) is 7. The fourth-order valence-electron chi connectivity index (χ4n) is 3.77. The van der Waals surface area contributed by atoms with Crippen LogP contribution in [-0.2, 0) is 4.74 Å². The van der Waals surface area contributed by atoms with Gasteiger partial charge in [-0.3, -0.25) is 9.78 Å². The molecule has 1 fully saturated rings. The highest BCUT2D eigenvalue weighted by Gasteiger charge is 2.24. The number of nitrogens with one attached hydrogen (secondary N) is 1. The molecule has 0 spiro atoms. The number of ether oxygens (including phenoxy) is 1. The topological polar surface area (TPSA) is 80.2 Å². The molecular formula is C22H21N5O2S. The van der Waals surface area contributed by atoms with Gasteiger partial charge < -0.3 is 15.0 Å². The summed E-state index contributed by atoms with van der Waals surface area (Å²) in [6, 6.07) is 9.77. The average Bonchev–Trinajstić information content (AvgIpc) is 3.10. The van der Waals surface area contributed by atoms with Crippen molar-refractivity contribution in [1.29, 1.82) is 0 Å². The quantitative estimate of drug-likeness (QED) is 0.542. The molecule has 1 amide bonds. The van der Waals surface area contributed by atoms with Crippen molar-refractivity contribution in [3.05, 3.63) is 52.8 Å². The van der Waals surface area contributed by atoms with E-state index in [9.17, 15) is 4.79 Å². The molecular weight excluding hydrogens is 398 g/mol. The zero-order chi connectivity index (χ0) is 20.7. The molecule has 4 heterocycles. The Morgan fingerprint density at radius 3 is 2.80 bits per heavy atom. The van der Waals surface area contributed by atoms with E-state index in [1.54, 1.807) is 6.20 Å². The number of benzene rings is 1. The van der Waals surface area contributed by atoms with E-state index in [1.165, 1.54) is 11.3 Å². The fourth-order valence-corrected chi connectivity index (χ4v) is 4.89. The summed E-state index contributed by atoms with van der Waals surface area (Å²) < 4.78 is 5.48. The number of hydrogen-bond donors (Lipinski definition) is 1. The Hall–Kier alpha value is -3.10. The van der Waals surface area contributed by atoms with E-state index in [1.807, 2.05) is 44.2 Å². The molecule has 1 N–H and O–H groups in total. The van der Waals surface area contributed by atoms with Crippen molar-refractivity contribution in [2.24, 2.45) is 0 Å². The Morgan fingerprint density at radius 2 is 1.97 bits per heavy atom. The molecule has 5 rings (SSSR count). The lowest BCUT2D eigenvalue weighted by Gasteiger charge is -2.28. The first kappa shape index (κ1) is 18.9. The van der Waals surface area contributed by atoms with Gasteiger partial charge in [0.15, 0.2) is 0 Å². The number of fused-ring (bicyclic) bond motifs is 2. The Bertz CT molecular complexity index is 1260. The number of thiophene rings is 1. The van der Waals surface area contributed by atoms with E-state index < -0.39 is 0 Å². The summed E-state index contributed by atoms with van der Waals surface area (Å²) >= 11 is 1.41. The molecule has 0 unspecified atom stereocenters. The number of aromatic nitrogens is 3. The lowest BCUT2D eigenvalue weighted by atomic mass is 10.1. The summed E-state index contributed by atoms with van der Waals surface area (Å²) in [6.07, 6.45) is 1.69. The van der Waals surface area contributed by atoms with Gasteiger partial charge in [-0.25, -0.2) is 9.97 Å². The number of morpholine rings is 1. The molecule has 7 nitrogen and oxygen atoms in total. The normalized spacial score (nSPS) is 14.4. The van der Waals surface area contributed by atoms with Crippen LogP contribution in [0.25, 0.3) is 21.1 Å². The highest BCUT2D eigenvalue weighted by Crippen LogP contribution is 2.36. The van der Waals surface area contributed by atoms with Gasteiger partial charge in [-0.15, -0.1) is 11.3 Å². The molecule has 1 aliphatic heterocycles. The van der Waals surface area contributed by atoms with Crippen molar-refractivity contribution in [2.45, 2.75) is 13.8 Å². The molecule has 1 saturated heterocycles. The molecule has 1 aromatic carbocycles. The van der Waals surface area contributed by atoms with Crippen LogP contribution in [0, 0.1) is 13.8 Å². The second-order valence-electron chi connectivity index (χ2n) is 7.30. The van der Waals surface area contributed by atoms with Crippen molar-refractivity contribution < 1.29 is 9.53 Å². The molecule has 0 bridgehead atoms. The monoisotopic (exact) mass is 419 g/mol. The average molecular weight is 420 g/mol. The molecule has 0 aliphatic carbocycles. The maximum absolute atomic E-state index is 13.1. The van der Waals surface area contributed by atoms with Gasteiger partial charge in [-0.1, -0.05) is 18.2 Å². The van der Waals surface area contributed by atoms with Gasteiger partial charge in [-0.05, 0) is 31.5 Å². The summed E-state index contributed by atoms with van der Waals surface area (Å²) in [7, 11) is 0. The van der Waals surface area contributed by atoms with E-state index in [-0.39, 0.29) is 5.91 Å². The Balaban J connectivity index is 1.51. The molecule has 1 aliphatic rings. The van der Waals surface area contributed by atoms with E-state index >= 15 is 0 Å². The molecule has 0 saturated carbocycles. The van der Waals surface area contributed by atoms with E-state index in [0.29, 0.717) is 29.6 Å². The number of anilines is 2. The van der Waals surface area contributed by atoms with Crippen molar-refractivity contribution in [3.8, 4) is 0 Å². The van der Waals surface area contributed by atoms with Gasteiger partial charge in [-0.2, -0.15) is 0 Å². The number of carbonyl (C=O) groups excluding carboxylic acids is 1. The Kier molecular flexibility index (Phi) is 4.80. The fraction of sp³-hybridized carbons (Fsp3) is 0.273. The second kappa shape index (κ2) is 7.62. The van der Waals surface area contributed by atoms with Gasteiger partial charge in [0.1, 0.15) is 16.5 Å². The second-order valence-corrected chi connectivity index (χ2v) is 8.30. The minimum Gasteiger partial charge on any atom is -0.378 e. The van der Waals surface area contributed by atoms with Crippen molar-refractivity contribution >= 4 is 49.9 Å². The summed E-state index contributed by atoms with van der Waals surface area (Å²) in [4.78, 5) is 30.5. The first-order valence-corrected chi connectivity index (χ1v) is 10.7. The van der Waals surface area contributed by atoms with Gasteiger partial charge in [0.25, 0.3) is 5.91 Å². The molecule has 4 aromatic rings. The van der Waals surface area contributed by atoms with Crippen LogP contribution in [0.3, 0.4) is 0 Å². The molecule has 152 valence electrons. The molecule has 3 aromatic heterocycles. The Labute approximate surface area is 177 Å². The van der Waals surface area contributed by atoms with Crippen LogP contribution in [0.2, 0.25) is 0 Å². The van der Waals surface area contributed by atoms with Crippen LogP contribution in [0.4, 0.5) is 11.5 Å². The number of pyridine rings is 1. The van der Waals surface area contributed by atoms with Crippen LogP contribution >= 0.6 is 11.3 Å². The van der Waals surface area contributed by atoms with Gasteiger partial charge in [0.2, 0.25) is 0 Å². The third-order valence-corrected chi connectivity index (χ3v) is 6.43. The van der Waals surface area contributed by atoms with E-state index in [2.05, 4.69) is 20.2 Å². The molecule has 8 heteroatoms. The number of para-hydroxylation sites is 1. The van der Waals surface area contributed by atoms with Crippen molar-refractivity contribution in [2.75, 3.05) is 36.5 Å². The van der Waals surface area contributed by atoms with Crippen LogP contribution in [0.15, 0.2) is 36.5 Å². The maximum Gasteiger partial charge on any atom is 0.266 e. The predicted molar refractivity (Wildman–Crippen MR) is 120 cm³/mol. The standard InChI is InChI=1S/C22H21N5O2S/c1-13-18-20(27-7-9-29-10-8-27)24-14(2)25-22(18)30-19(13)21(28)26-16-11-15-5-3-4-6-17(15)23-12-16/h3-6,11-12H,7-10H2,1-2H3,(H,26,28). The molecule has 0 atom stereocenters. The Morgan fingerprint density at radius 1 is 1.17 bits per heavy atom. The third-order valence-electron chi connectivity index (χ3n) is 5.25. The van der Waals surface area contributed by atoms with Gasteiger partial charge in [0.05, 0.1) is 40.9 Å². The van der Waals surface area contributed by atoms with Gasteiger partial charge >= 0.3 is 0 Å². The third kappa shape index (κ3) is 3.38. The predicted octanol–water partition coefficient (Wildman–Crippen LogP) is 3.95. The van der Waals surface area contributed by atoms with Crippen molar-refractivity contribution in [3.63, 3.8) is 0 Å². The van der Waals surface area contributed by atoms with Crippen LogP contribution in [0.1, 0.15) is 21.1 Å². The van der Waals surface area contributed by atoms with E-state index in [4.69, 9.17) is 9.72 Å². The maximum atomic E-state index is 13.1. The smallest absolute Gasteiger partial charge is 0.266 e. The minimum atomic E-state index is -0.154. The van der Waals surface area contributed by atoms with E-state index in [0.717, 1.165) is 45.6 Å². The first-order chi connectivity index (χ1) is 14.6. The number of nitrogens with zero attached hydrogens (tertiary/aromatic N) is 4. The summed E-state index contributed by atoms with van der Waals surface area (Å²) in [6.45, 7) is 6.77. The zero-order valence-corrected chi connectivity index (χ0v) is 17.6. The first-order valence-electron chi connectivity index (χ1n) is 9.87. The number of amides is 1. The number of rotatable bonds is 3.